The first kappa shape index (κ1) is 10.7. The van der Waals surface area contributed by atoms with Gasteiger partial charge in [-0.1, -0.05) is 17.7 Å². The lowest BCUT2D eigenvalue weighted by Gasteiger charge is -2.35. The summed E-state index contributed by atoms with van der Waals surface area (Å²) in [7, 11) is 0. The Hall–Kier alpha value is -1.19. The highest BCUT2D eigenvalue weighted by Gasteiger charge is 2.39. The van der Waals surface area contributed by atoms with Crippen molar-refractivity contribution in [3.05, 3.63) is 39.2 Å². The Bertz CT molecular complexity index is 638. The first-order valence-corrected chi connectivity index (χ1v) is 7.36. The lowest BCUT2D eigenvalue weighted by Crippen LogP contribution is -2.43. The first-order chi connectivity index (χ1) is 8.66. The highest BCUT2D eigenvalue weighted by atomic mass is 32.1. The molecule has 0 bridgehead atoms. The second kappa shape index (κ2) is 3.43. The Balaban J connectivity index is 1.83. The van der Waals surface area contributed by atoms with Gasteiger partial charge in [-0.25, -0.2) is 4.98 Å². The van der Waals surface area contributed by atoms with E-state index in [9.17, 15) is 0 Å². The largest absolute Gasteiger partial charge is 0.319 e. The molecule has 0 spiro atoms. The zero-order chi connectivity index (χ0) is 12.3. The number of aromatic nitrogens is 1. The van der Waals surface area contributed by atoms with Crippen molar-refractivity contribution < 1.29 is 0 Å². The van der Waals surface area contributed by atoms with Crippen LogP contribution >= 0.6 is 11.3 Å². The second-order valence-electron chi connectivity index (χ2n) is 5.64. The van der Waals surface area contributed by atoms with Crippen LogP contribution in [0.25, 0.3) is 11.3 Å². The number of nitrogens with two attached hydrogens (primary N) is 1. The van der Waals surface area contributed by atoms with Gasteiger partial charge in [-0.15, -0.1) is 11.3 Å². The predicted octanol–water partition coefficient (Wildman–Crippen LogP) is 3.36. The average Bonchev–Trinajstić information content (AvgIpc) is 2.84. The highest BCUT2D eigenvalue weighted by Crippen LogP contribution is 2.46. The molecule has 0 aliphatic heterocycles. The minimum Gasteiger partial charge on any atom is -0.319 e. The van der Waals surface area contributed by atoms with Crippen molar-refractivity contribution in [3.8, 4) is 11.3 Å². The zero-order valence-electron chi connectivity index (χ0n) is 10.5. The molecular weight excluding hydrogens is 240 g/mol. The lowest BCUT2D eigenvalue weighted by molar-refractivity contribution is 0.253. The molecule has 0 unspecified atom stereocenters. The number of hydrogen-bond donors (Lipinski definition) is 1. The minimum atomic E-state index is -0.112. The molecule has 3 heteroatoms. The predicted molar refractivity (Wildman–Crippen MR) is 74.8 cm³/mol. The number of nitrogens with zero attached hydrogens (tertiary/aromatic N) is 1. The first-order valence-electron chi connectivity index (χ1n) is 6.55. The van der Waals surface area contributed by atoms with Crippen LogP contribution in [0.2, 0.25) is 0 Å². The molecule has 2 aliphatic rings. The zero-order valence-corrected chi connectivity index (χ0v) is 11.3. The van der Waals surface area contributed by atoms with Gasteiger partial charge in [0.25, 0.3) is 0 Å². The lowest BCUT2D eigenvalue weighted by atomic mass is 9.78. The van der Waals surface area contributed by atoms with Gasteiger partial charge in [-0.3, -0.25) is 0 Å². The fourth-order valence-corrected chi connectivity index (χ4v) is 4.16. The van der Waals surface area contributed by atoms with Crippen LogP contribution in [-0.4, -0.2) is 4.98 Å². The van der Waals surface area contributed by atoms with E-state index in [0.29, 0.717) is 0 Å². The summed E-state index contributed by atoms with van der Waals surface area (Å²) in [5, 5.41) is 1.16. The molecule has 2 aromatic rings. The van der Waals surface area contributed by atoms with Gasteiger partial charge >= 0.3 is 0 Å². The molecule has 1 aromatic carbocycles. The van der Waals surface area contributed by atoms with Crippen LogP contribution in [0.15, 0.2) is 18.2 Å². The molecule has 4 rings (SSSR count). The molecule has 1 saturated carbocycles. The number of rotatable bonds is 1. The van der Waals surface area contributed by atoms with E-state index >= 15 is 0 Å². The number of fused-ring (bicyclic) bond motifs is 3. The van der Waals surface area contributed by atoms with Crippen molar-refractivity contribution in [2.45, 2.75) is 38.1 Å². The summed E-state index contributed by atoms with van der Waals surface area (Å²) in [4.78, 5) is 6.27. The number of aryl methyl sites for hydroxylation is 1. The molecule has 0 saturated heterocycles. The number of hydrogen-bond acceptors (Lipinski definition) is 3. The maximum atomic E-state index is 6.38. The summed E-state index contributed by atoms with van der Waals surface area (Å²) in [6.45, 7) is 2.14. The second-order valence-corrected chi connectivity index (χ2v) is 6.72. The fraction of sp³-hybridized carbons (Fsp3) is 0.400. The van der Waals surface area contributed by atoms with Crippen LogP contribution in [0.3, 0.4) is 0 Å². The molecule has 1 heterocycles. The quantitative estimate of drug-likeness (QED) is 0.725. The average molecular weight is 256 g/mol. The van der Waals surface area contributed by atoms with E-state index < -0.39 is 0 Å². The van der Waals surface area contributed by atoms with Crippen LogP contribution in [-0.2, 0) is 12.0 Å². The Morgan fingerprint density at radius 2 is 2.17 bits per heavy atom. The molecular formula is C15H16N2S. The van der Waals surface area contributed by atoms with E-state index in [1.165, 1.54) is 33.7 Å². The third-order valence-electron chi connectivity index (χ3n) is 4.24. The van der Waals surface area contributed by atoms with Gasteiger partial charge in [0.05, 0.1) is 11.2 Å². The van der Waals surface area contributed by atoms with Gasteiger partial charge in [-0.05, 0) is 37.8 Å². The Morgan fingerprint density at radius 3 is 2.89 bits per heavy atom. The van der Waals surface area contributed by atoms with Gasteiger partial charge < -0.3 is 5.73 Å². The van der Waals surface area contributed by atoms with Crippen molar-refractivity contribution >= 4 is 11.3 Å². The maximum absolute atomic E-state index is 6.38. The summed E-state index contributed by atoms with van der Waals surface area (Å²) in [6, 6.07) is 6.68. The monoisotopic (exact) mass is 256 g/mol. The molecule has 0 amide bonds. The van der Waals surface area contributed by atoms with Gasteiger partial charge in [0.15, 0.2) is 0 Å². The molecule has 0 atom stereocenters. The standard InChI is InChI=1S/C15H16N2S/c1-9-3-4-10-8-12-13(11(10)7-9)17-14(18-12)15(16)5-2-6-15/h3-4,7H,2,5-6,8,16H2,1H3. The Kier molecular flexibility index (Phi) is 2.04. The van der Waals surface area contributed by atoms with Crippen LogP contribution in [0.4, 0.5) is 0 Å². The van der Waals surface area contributed by atoms with Crippen molar-refractivity contribution in [2.75, 3.05) is 0 Å². The Morgan fingerprint density at radius 1 is 1.33 bits per heavy atom. The highest BCUT2D eigenvalue weighted by molar-refractivity contribution is 7.12. The van der Waals surface area contributed by atoms with Crippen molar-refractivity contribution in [1.82, 2.24) is 4.98 Å². The van der Waals surface area contributed by atoms with Gasteiger partial charge in [0, 0.05) is 16.9 Å². The topological polar surface area (TPSA) is 38.9 Å². The summed E-state index contributed by atoms with van der Waals surface area (Å²) in [5.41, 5.74) is 11.5. The van der Waals surface area contributed by atoms with E-state index in [4.69, 9.17) is 10.7 Å². The van der Waals surface area contributed by atoms with Gasteiger partial charge in [0.2, 0.25) is 0 Å². The molecule has 2 aliphatic carbocycles. The summed E-state index contributed by atoms with van der Waals surface area (Å²) in [5.74, 6) is 0. The van der Waals surface area contributed by atoms with Crippen LogP contribution in [0.1, 0.15) is 40.3 Å². The maximum Gasteiger partial charge on any atom is 0.113 e. The van der Waals surface area contributed by atoms with E-state index in [0.717, 1.165) is 24.3 Å². The van der Waals surface area contributed by atoms with E-state index in [1.807, 2.05) is 11.3 Å². The van der Waals surface area contributed by atoms with Gasteiger partial charge in [0.1, 0.15) is 5.01 Å². The molecule has 0 radical (unpaired) electrons. The van der Waals surface area contributed by atoms with E-state index in [1.54, 1.807) is 0 Å². The molecule has 2 nitrogen and oxygen atoms in total. The summed E-state index contributed by atoms with van der Waals surface area (Å²) in [6.07, 6.45) is 4.48. The molecule has 1 fully saturated rings. The molecule has 92 valence electrons. The van der Waals surface area contributed by atoms with Crippen LogP contribution < -0.4 is 5.73 Å². The fourth-order valence-electron chi connectivity index (χ4n) is 2.90. The van der Waals surface area contributed by atoms with Crippen molar-refractivity contribution in [1.29, 1.82) is 0 Å². The third kappa shape index (κ3) is 1.35. The van der Waals surface area contributed by atoms with E-state index in [2.05, 4.69) is 25.1 Å². The van der Waals surface area contributed by atoms with Crippen LogP contribution in [0.5, 0.6) is 0 Å². The Labute approximate surface area is 111 Å². The molecule has 2 N–H and O–H groups in total. The number of thiazole rings is 1. The molecule has 1 aromatic heterocycles. The summed E-state index contributed by atoms with van der Waals surface area (Å²) >= 11 is 1.83. The van der Waals surface area contributed by atoms with Crippen molar-refractivity contribution in [2.24, 2.45) is 5.73 Å². The SMILES string of the molecule is Cc1ccc2c(c1)-c1nc(C3(N)CCC3)sc1C2. The van der Waals surface area contributed by atoms with E-state index in [-0.39, 0.29) is 5.54 Å². The normalized spacial score (nSPS) is 19.2. The minimum absolute atomic E-state index is 0.112. The van der Waals surface area contributed by atoms with Crippen LogP contribution in [0, 0.1) is 6.92 Å². The smallest absolute Gasteiger partial charge is 0.113 e. The molecule has 18 heavy (non-hydrogen) atoms. The van der Waals surface area contributed by atoms with Crippen molar-refractivity contribution in [3.63, 3.8) is 0 Å². The van der Waals surface area contributed by atoms with Gasteiger partial charge in [-0.2, -0.15) is 0 Å². The summed E-state index contributed by atoms with van der Waals surface area (Å²) < 4.78 is 0. The third-order valence-corrected chi connectivity index (χ3v) is 5.52. The number of benzene rings is 1.